The lowest BCUT2D eigenvalue weighted by molar-refractivity contribution is -0.870. The highest BCUT2D eigenvalue weighted by Gasteiger charge is 2.21. The second-order valence-corrected chi connectivity index (χ2v) is 16.7. The molecule has 0 aliphatic rings. The Bertz CT molecular complexity index is 1180. The van der Waals surface area contributed by atoms with Crippen molar-refractivity contribution in [1.82, 2.24) is 0 Å². The van der Waals surface area contributed by atoms with Crippen LogP contribution in [0.5, 0.6) is 0 Å². The number of unbranched alkanes of at least 4 members (excludes halogenated alkanes) is 12. The molecule has 322 valence electrons. The fourth-order valence-electron chi connectivity index (χ4n) is 5.32. The largest absolute Gasteiger partial charge is 0.756 e. The average Bonchev–Trinajstić information content (AvgIpc) is 3.15. The van der Waals surface area contributed by atoms with E-state index < -0.39 is 32.5 Å². The van der Waals surface area contributed by atoms with Crippen LogP contribution < -0.4 is 4.89 Å². The number of quaternary nitrogens is 1. The molecule has 0 amide bonds. The molecule has 0 rings (SSSR count). The molecule has 2 unspecified atom stereocenters. The van der Waals surface area contributed by atoms with E-state index in [9.17, 15) is 19.0 Å². The number of carbonyl (C=O) groups excluding carboxylic acids is 2. The van der Waals surface area contributed by atoms with Gasteiger partial charge in [0.25, 0.3) is 7.82 Å². The summed E-state index contributed by atoms with van der Waals surface area (Å²) in [6, 6.07) is 0. The number of esters is 2. The molecule has 0 aromatic rings. The van der Waals surface area contributed by atoms with Gasteiger partial charge < -0.3 is 27.9 Å². The van der Waals surface area contributed by atoms with Gasteiger partial charge in [-0.05, 0) is 83.5 Å². The van der Waals surface area contributed by atoms with Crippen LogP contribution >= 0.6 is 7.82 Å². The summed E-state index contributed by atoms with van der Waals surface area (Å²) < 4.78 is 33.8. The van der Waals surface area contributed by atoms with Crippen molar-refractivity contribution in [2.45, 2.75) is 161 Å². The second-order valence-electron chi connectivity index (χ2n) is 15.3. The van der Waals surface area contributed by atoms with Crippen LogP contribution in [0.1, 0.15) is 155 Å². The molecule has 0 aromatic carbocycles. The molecule has 0 fully saturated rings. The van der Waals surface area contributed by atoms with E-state index in [1.165, 1.54) is 44.9 Å². The first-order chi connectivity index (χ1) is 27.0. The first-order valence-corrected chi connectivity index (χ1v) is 23.1. The van der Waals surface area contributed by atoms with Crippen LogP contribution in [-0.4, -0.2) is 70.0 Å². The Kier molecular flexibility index (Phi) is 36.3. The molecule has 0 aromatic heterocycles. The Hall–Kier alpha value is -2.55. The summed E-state index contributed by atoms with van der Waals surface area (Å²) in [5, 5.41) is 0. The van der Waals surface area contributed by atoms with Crippen molar-refractivity contribution in [2.75, 3.05) is 47.5 Å². The first kappa shape index (κ1) is 53.5. The maximum absolute atomic E-state index is 12.6. The highest BCUT2D eigenvalue weighted by molar-refractivity contribution is 7.45. The van der Waals surface area contributed by atoms with E-state index >= 15 is 0 Å². The summed E-state index contributed by atoms with van der Waals surface area (Å²) in [5.41, 5.74) is 0. The second kappa shape index (κ2) is 38.0. The third-order valence-corrected chi connectivity index (χ3v) is 9.67. The molecule has 0 N–H and O–H groups in total. The molecule has 0 aliphatic carbocycles. The Labute approximate surface area is 342 Å². The van der Waals surface area contributed by atoms with Crippen molar-refractivity contribution in [3.05, 3.63) is 72.9 Å². The van der Waals surface area contributed by atoms with Gasteiger partial charge in [-0.1, -0.05) is 132 Å². The lowest BCUT2D eigenvalue weighted by Crippen LogP contribution is -2.37. The number of hydrogen-bond acceptors (Lipinski definition) is 8. The number of carbonyl (C=O) groups is 2. The molecular weight excluding hydrogens is 725 g/mol. The lowest BCUT2D eigenvalue weighted by atomic mass is 10.1. The molecule has 0 saturated carbocycles. The van der Waals surface area contributed by atoms with Crippen molar-refractivity contribution >= 4 is 19.8 Å². The summed E-state index contributed by atoms with van der Waals surface area (Å²) in [7, 11) is 1.12. The van der Waals surface area contributed by atoms with Gasteiger partial charge in [-0.2, -0.15) is 0 Å². The van der Waals surface area contributed by atoms with E-state index in [1.54, 1.807) is 0 Å². The van der Waals surface area contributed by atoms with Gasteiger partial charge in [-0.25, -0.2) is 0 Å². The highest BCUT2D eigenvalue weighted by Crippen LogP contribution is 2.38. The van der Waals surface area contributed by atoms with Gasteiger partial charge in [0, 0.05) is 12.8 Å². The predicted molar refractivity (Wildman–Crippen MR) is 231 cm³/mol. The first-order valence-electron chi connectivity index (χ1n) is 21.6. The van der Waals surface area contributed by atoms with E-state index in [0.29, 0.717) is 23.9 Å². The molecule has 0 heterocycles. The monoisotopic (exact) mass is 806 g/mol. The number of ether oxygens (including phenoxy) is 2. The average molecular weight is 806 g/mol. The normalized spacial score (nSPS) is 14.3. The Morgan fingerprint density at radius 1 is 0.571 bits per heavy atom. The van der Waals surface area contributed by atoms with Crippen LogP contribution in [0, 0.1) is 0 Å². The predicted octanol–water partition coefficient (Wildman–Crippen LogP) is 11.6. The summed E-state index contributed by atoms with van der Waals surface area (Å²) >= 11 is 0. The number of nitrogens with zero attached hydrogens (tertiary/aromatic N) is 1. The van der Waals surface area contributed by atoms with Crippen LogP contribution in [0.15, 0.2) is 72.9 Å². The minimum atomic E-state index is -4.64. The fraction of sp³-hybridized carbons (Fsp3) is 0.696. The van der Waals surface area contributed by atoms with E-state index in [1.807, 2.05) is 21.1 Å². The quantitative estimate of drug-likeness (QED) is 0.0199. The lowest BCUT2D eigenvalue weighted by Gasteiger charge is -2.28. The number of hydrogen-bond donors (Lipinski definition) is 0. The standard InChI is InChI=1S/C46H80NO8P/c1-6-8-10-12-14-16-18-20-22-23-25-26-28-30-32-34-36-38-45(48)52-42-44(43-54-56(50,51)53-41-40-47(3,4)5)55-46(49)39-37-35-33-31-29-27-24-21-19-17-15-13-11-9-7-2/h9,11,14-17,20-22,24,29,31,44H,6-8,10,12-13,18-19,23,25-28,30,32-43H2,1-5H3/b11-9-,16-14-,17-15-,22-20-,24-21-,31-29-. The van der Waals surface area contributed by atoms with Crippen LogP contribution in [0.4, 0.5) is 0 Å². The smallest absolute Gasteiger partial charge is 0.306 e. The number of phosphoric ester groups is 1. The fourth-order valence-corrected chi connectivity index (χ4v) is 6.05. The molecule has 10 heteroatoms. The summed E-state index contributed by atoms with van der Waals surface area (Å²) in [5.74, 6) is -0.899. The SMILES string of the molecule is CC/C=C\C/C=C\C/C=C\C/C=C\CCCCC(=O)OC(COC(=O)CCCCCCCCC/C=C\C/C=C\CCCCC)COP(=O)([O-])OCC[N+](C)(C)C. The molecule has 9 nitrogen and oxygen atoms in total. The van der Waals surface area contributed by atoms with Crippen LogP contribution in [-0.2, 0) is 32.7 Å². The van der Waals surface area contributed by atoms with Gasteiger partial charge in [0.15, 0.2) is 6.10 Å². The van der Waals surface area contributed by atoms with Gasteiger partial charge in [0.05, 0.1) is 27.7 Å². The number of rotatable bonds is 38. The van der Waals surface area contributed by atoms with E-state index in [4.69, 9.17) is 18.5 Å². The van der Waals surface area contributed by atoms with Crippen LogP contribution in [0.3, 0.4) is 0 Å². The van der Waals surface area contributed by atoms with Crippen molar-refractivity contribution in [1.29, 1.82) is 0 Å². The van der Waals surface area contributed by atoms with Crippen molar-refractivity contribution in [3.63, 3.8) is 0 Å². The Morgan fingerprint density at radius 2 is 1.02 bits per heavy atom. The van der Waals surface area contributed by atoms with E-state index in [-0.39, 0.29) is 26.1 Å². The number of likely N-dealkylation sites (N-methyl/N-ethyl adjacent to an activating group) is 1. The minimum Gasteiger partial charge on any atom is -0.756 e. The van der Waals surface area contributed by atoms with Gasteiger partial charge in [-0.15, -0.1) is 0 Å². The van der Waals surface area contributed by atoms with Crippen LogP contribution in [0.25, 0.3) is 0 Å². The topological polar surface area (TPSA) is 111 Å². The van der Waals surface area contributed by atoms with Crippen molar-refractivity contribution in [2.24, 2.45) is 0 Å². The van der Waals surface area contributed by atoms with E-state index in [2.05, 4.69) is 86.8 Å². The van der Waals surface area contributed by atoms with Gasteiger partial charge in [0.1, 0.15) is 19.8 Å². The molecule has 2 atom stereocenters. The zero-order chi connectivity index (χ0) is 41.4. The Balaban J connectivity index is 4.45. The molecule has 0 bridgehead atoms. The van der Waals surface area contributed by atoms with Gasteiger partial charge in [0.2, 0.25) is 0 Å². The molecular formula is C46H80NO8P. The number of phosphoric acid groups is 1. The summed E-state index contributed by atoms with van der Waals surface area (Å²) in [6.45, 7) is 4.01. The summed E-state index contributed by atoms with van der Waals surface area (Å²) in [6.07, 6.45) is 46.4. The van der Waals surface area contributed by atoms with Crippen molar-refractivity contribution < 1.29 is 42.1 Å². The van der Waals surface area contributed by atoms with E-state index in [0.717, 1.165) is 70.6 Å². The summed E-state index contributed by atoms with van der Waals surface area (Å²) in [4.78, 5) is 37.5. The third kappa shape index (κ3) is 41.1. The van der Waals surface area contributed by atoms with Gasteiger partial charge >= 0.3 is 11.9 Å². The zero-order valence-electron chi connectivity index (χ0n) is 36.1. The van der Waals surface area contributed by atoms with Crippen LogP contribution in [0.2, 0.25) is 0 Å². The molecule has 0 radical (unpaired) electrons. The number of allylic oxidation sites excluding steroid dienone is 12. The molecule has 0 saturated heterocycles. The minimum absolute atomic E-state index is 0.0439. The molecule has 56 heavy (non-hydrogen) atoms. The molecule has 0 aliphatic heterocycles. The molecule has 0 spiro atoms. The maximum Gasteiger partial charge on any atom is 0.306 e. The highest BCUT2D eigenvalue weighted by atomic mass is 31.2. The third-order valence-electron chi connectivity index (χ3n) is 8.71. The zero-order valence-corrected chi connectivity index (χ0v) is 36.9. The van der Waals surface area contributed by atoms with Crippen molar-refractivity contribution in [3.8, 4) is 0 Å². The van der Waals surface area contributed by atoms with Gasteiger partial charge in [-0.3, -0.25) is 14.2 Å². The maximum atomic E-state index is 12.6. The Morgan fingerprint density at radius 3 is 1.55 bits per heavy atom.